The molecule has 6 heteroatoms. The second kappa shape index (κ2) is 6.25. The Labute approximate surface area is 118 Å². The molecule has 1 heterocycles. The molecule has 0 aliphatic rings. The van der Waals surface area contributed by atoms with Gasteiger partial charge in [0.1, 0.15) is 29.7 Å². The highest BCUT2D eigenvalue weighted by Gasteiger charge is 2.03. The fourth-order valence-electron chi connectivity index (χ4n) is 1.58. The SMILES string of the molecule is N#Cc1cc(NCCc2cc(Br)ccc2F)ncn1. The lowest BCUT2D eigenvalue weighted by Crippen LogP contribution is -2.08. The van der Waals surface area contributed by atoms with Crippen LogP contribution in [0, 0.1) is 17.1 Å². The highest BCUT2D eigenvalue weighted by Crippen LogP contribution is 2.16. The third-order valence-corrected chi connectivity index (χ3v) is 2.98. The fourth-order valence-corrected chi connectivity index (χ4v) is 1.98. The predicted molar refractivity (Wildman–Crippen MR) is 73.0 cm³/mol. The van der Waals surface area contributed by atoms with Gasteiger partial charge < -0.3 is 5.32 Å². The van der Waals surface area contributed by atoms with Crippen molar-refractivity contribution in [2.45, 2.75) is 6.42 Å². The van der Waals surface area contributed by atoms with Crippen LogP contribution < -0.4 is 5.32 Å². The van der Waals surface area contributed by atoms with E-state index in [0.29, 0.717) is 30.0 Å². The fraction of sp³-hybridized carbons (Fsp3) is 0.154. The van der Waals surface area contributed by atoms with Gasteiger partial charge in [0.2, 0.25) is 0 Å². The van der Waals surface area contributed by atoms with Gasteiger partial charge in [0.05, 0.1) is 0 Å². The number of benzene rings is 1. The quantitative estimate of drug-likeness (QED) is 0.940. The lowest BCUT2D eigenvalue weighted by atomic mass is 10.1. The zero-order valence-electron chi connectivity index (χ0n) is 9.90. The largest absolute Gasteiger partial charge is 0.370 e. The molecule has 1 aromatic heterocycles. The minimum Gasteiger partial charge on any atom is -0.370 e. The van der Waals surface area contributed by atoms with Gasteiger partial charge in [-0.15, -0.1) is 0 Å². The molecule has 0 fully saturated rings. The zero-order valence-corrected chi connectivity index (χ0v) is 11.5. The van der Waals surface area contributed by atoms with Crippen LogP contribution in [-0.4, -0.2) is 16.5 Å². The Bertz CT molecular complexity index is 624. The molecule has 1 N–H and O–H groups in total. The van der Waals surface area contributed by atoms with E-state index in [1.807, 2.05) is 6.07 Å². The number of hydrogen-bond donors (Lipinski definition) is 1. The van der Waals surface area contributed by atoms with Crippen molar-refractivity contribution >= 4 is 21.7 Å². The lowest BCUT2D eigenvalue weighted by molar-refractivity contribution is 0.610. The number of nitrogens with one attached hydrogen (secondary N) is 1. The summed E-state index contributed by atoms with van der Waals surface area (Å²) in [5.41, 5.74) is 0.919. The molecule has 2 rings (SSSR count). The average molecular weight is 321 g/mol. The summed E-state index contributed by atoms with van der Waals surface area (Å²) in [7, 11) is 0. The van der Waals surface area contributed by atoms with Crippen LogP contribution in [0.2, 0.25) is 0 Å². The Morgan fingerprint density at radius 2 is 2.16 bits per heavy atom. The Hall–Kier alpha value is -2.00. The first-order valence-electron chi connectivity index (χ1n) is 5.59. The molecule has 0 aliphatic heterocycles. The van der Waals surface area contributed by atoms with E-state index in [9.17, 15) is 4.39 Å². The summed E-state index contributed by atoms with van der Waals surface area (Å²) in [6.07, 6.45) is 1.84. The standard InChI is InChI=1S/C13H10BrFN4/c14-10-1-2-12(15)9(5-10)3-4-17-13-6-11(7-16)18-8-19-13/h1-2,5-6,8H,3-4H2,(H,17,18,19). The normalized spacial score (nSPS) is 9.95. The number of anilines is 1. The van der Waals surface area contributed by atoms with E-state index in [1.165, 1.54) is 12.4 Å². The molecule has 0 unspecified atom stereocenters. The highest BCUT2D eigenvalue weighted by molar-refractivity contribution is 9.10. The predicted octanol–water partition coefficient (Wildman–Crippen LogP) is 2.90. The molecule has 0 amide bonds. The van der Waals surface area contributed by atoms with E-state index in [-0.39, 0.29) is 5.82 Å². The van der Waals surface area contributed by atoms with Crippen molar-refractivity contribution in [1.29, 1.82) is 5.26 Å². The molecular weight excluding hydrogens is 311 g/mol. The first-order valence-corrected chi connectivity index (χ1v) is 6.38. The van der Waals surface area contributed by atoms with Gasteiger partial charge in [-0.05, 0) is 30.2 Å². The monoisotopic (exact) mass is 320 g/mol. The number of rotatable bonds is 4. The molecule has 0 radical (unpaired) electrons. The Morgan fingerprint density at radius 1 is 1.32 bits per heavy atom. The van der Waals surface area contributed by atoms with Gasteiger partial charge in [-0.25, -0.2) is 14.4 Å². The van der Waals surface area contributed by atoms with Crippen LogP contribution in [-0.2, 0) is 6.42 Å². The minimum atomic E-state index is -0.231. The summed E-state index contributed by atoms with van der Waals surface area (Å²) in [6.45, 7) is 0.523. The van der Waals surface area contributed by atoms with Gasteiger partial charge in [0, 0.05) is 17.1 Å². The van der Waals surface area contributed by atoms with E-state index < -0.39 is 0 Å². The first kappa shape index (κ1) is 13.4. The van der Waals surface area contributed by atoms with Gasteiger partial charge in [-0.3, -0.25) is 0 Å². The van der Waals surface area contributed by atoms with Crippen molar-refractivity contribution in [2.75, 3.05) is 11.9 Å². The van der Waals surface area contributed by atoms with Crippen LogP contribution in [0.25, 0.3) is 0 Å². The molecule has 0 spiro atoms. The maximum Gasteiger partial charge on any atom is 0.145 e. The van der Waals surface area contributed by atoms with E-state index in [4.69, 9.17) is 5.26 Å². The molecule has 0 atom stereocenters. The molecule has 0 saturated heterocycles. The number of halogens is 2. The van der Waals surface area contributed by atoms with Crippen molar-refractivity contribution in [3.8, 4) is 6.07 Å². The summed E-state index contributed by atoms with van der Waals surface area (Å²) in [5.74, 6) is 0.326. The summed E-state index contributed by atoms with van der Waals surface area (Å²) >= 11 is 3.31. The highest BCUT2D eigenvalue weighted by atomic mass is 79.9. The van der Waals surface area contributed by atoms with Gasteiger partial charge in [0.15, 0.2) is 0 Å². The van der Waals surface area contributed by atoms with Crippen LogP contribution >= 0.6 is 15.9 Å². The van der Waals surface area contributed by atoms with Gasteiger partial charge >= 0.3 is 0 Å². The van der Waals surface area contributed by atoms with Gasteiger partial charge in [0.25, 0.3) is 0 Å². The average Bonchev–Trinajstić information content (AvgIpc) is 2.43. The zero-order chi connectivity index (χ0) is 13.7. The smallest absolute Gasteiger partial charge is 0.145 e. The van der Waals surface area contributed by atoms with Crippen molar-refractivity contribution in [3.05, 3.63) is 52.1 Å². The summed E-state index contributed by atoms with van der Waals surface area (Å²) < 4.78 is 14.3. The second-order valence-electron chi connectivity index (χ2n) is 3.81. The molecule has 0 saturated carbocycles. The van der Waals surface area contributed by atoms with Crippen LogP contribution in [0.3, 0.4) is 0 Å². The topological polar surface area (TPSA) is 61.6 Å². The van der Waals surface area contributed by atoms with Crippen LogP contribution in [0.15, 0.2) is 35.1 Å². The number of aromatic nitrogens is 2. The van der Waals surface area contributed by atoms with E-state index in [1.54, 1.807) is 18.2 Å². The summed E-state index contributed by atoms with van der Waals surface area (Å²) in [5, 5.41) is 11.7. The number of nitriles is 1. The van der Waals surface area contributed by atoms with E-state index >= 15 is 0 Å². The molecule has 2 aromatic rings. The molecular formula is C13H10BrFN4. The molecule has 19 heavy (non-hydrogen) atoms. The summed E-state index contributed by atoms with van der Waals surface area (Å²) in [6, 6.07) is 8.33. The number of nitrogens with zero attached hydrogens (tertiary/aromatic N) is 3. The molecule has 4 nitrogen and oxygen atoms in total. The molecule has 1 aromatic carbocycles. The molecule has 0 bridgehead atoms. The van der Waals surface area contributed by atoms with Crippen molar-refractivity contribution < 1.29 is 4.39 Å². The maximum atomic E-state index is 13.5. The van der Waals surface area contributed by atoms with Crippen LogP contribution in [0.5, 0.6) is 0 Å². The molecule has 0 aliphatic carbocycles. The second-order valence-corrected chi connectivity index (χ2v) is 4.73. The van der Waals surface area contributed by atoms with Crippen LogP contribution in [0.1, 0.15) is 11.3 Å². The van der Waals surface area contributed by atoms with Crippen molar-refractivity contribution in [3.63, 3.8) is 0 Å². The Balaban J connectivity index is 1.96. The number of hydrogen-bond acceptors (Lipinski definition) is 4. The van der Waals surface area contributed by atoms with Gasteiger partial charge in [-0.1, -0.05) is 15.9 Å². The first-order chi connectivity index (χ1) is 9.19. The third-order valence-electron chi connectivity index (χ3n) is 2.49. The molecule has 96 valence electrons. The third kappa shape index (κ3) is 3.73. The lowest BCUT2D eigenvalue weighted by Gasteiger charge is -2.06. The summed E-state index contributed by atoms with van der Waals surface area (Å²) in [4.78, 5) is 7.75. The maximum absolute atomic E-state index is 13.5. The Kier molecular flexibility index (Phi) is 4.42. The van der Waals surface area contributed by atoms with E-state index in [2.05, 4.69) is 31.2 Å². The van der Waals surface area contributed by atoms with Crippen LogP contribution in [0.4, 0.5) is 10.2 Å². The Morgan fingerprint density at radius 3 is 2.95 bits per heavy atom. The van der Waals surface area contributed by atoms with E-state index in [0.717, 1.165) is 4.47 Å². The van der Waals surface area contributed by atoms with Crippen molar-refractivity contribution in [2.24, 2.45) is 0 Å². The minimum absolute atomic E-state index is 0.231. The van der Waals surface area contributed by atoms with Gasteiger partial charge in [-0.2, -0.15) is 5.26 Å². The van der Waals surface area contributed by atoms with Crippen molar-refractivity contribution in [1.82, 2.24) is 9.97 Å².